The van der Waals surface area contributed by atoms with Crippen LogP contribution in [0.1, 0.15) is 12.8 Å². The molecule has 1 N–H and O–H groups in total. The molecule has 0 saturated carbocycles. The van der Waals surface area contributed by atoms with Gasteiger partial charge in [0.25, 0.3) is 0 Å². The lowest BCUT2D eigenvalue weighted by molar-refractivity contribution is -0.120. The van der Waals surface area contributed by atoms with Gasteiger partial charge < -0.3 is 10.2 Å². The third-order valence-corrected chi connectivity index (χ3v) is 4.78. The molecule has 0 spiro atoms. The first-order chi connectivity index (χ1) is 12.7. The number of halogens is 1. The van der Waals surface area contributed by atoms with Gasteiger partial charge in [-0.3, -0.25) is 4.79 Å². The second kappa shape index (κ2) is 7.07. The summed E-state index contributed by atoms with van der Waals surface area (Å²) in [5, 5.41) is 3.84. The fourth-order valence-electron chi connectivity index (χ4n) is 3.41. The van der Waals surface area contributed by atoms with Crippen LogP contribution in [0.4, 0.5) is 15.9 Å². The first kappa shape index (κ1) is 16.4. The molecule has 3 aromatic rings. The average Bonchev–Trinajstić information content (AvgIpc) is 2.68. The summed E-state index contributed by atoms with van der Waals surface area (Å²) in [7, 11) is 0. The molecule has 5 nitrogen and oxygen atoms in total. The number of nitrogens with zero attached hydrogens (tertiary/aromatic N) is 3. The van der Waals surface area contributed by atoms with Gasteiger partial charge in [-0.15, -0.1) is 0 Å². The second-order valence-electron chi connectivity index (χ2n) is 6.48. The molecule has 1 aliphatic rings. The number of rotatable bonds is 3. The lowest BCUT2D eigenvalue weighted by Crippen LogP contribution is -2.38. The van der Waals surface area contributed by atoms with Crippen molar-refractivity contribution >= 4 is 28.3 Å². The van der Waals surface area contributed by atoms with Gasteiger partial charge in [-0.1, -0.05) is 18.2 Å². The van der Waals surface area contributed by atoms with Gasteiger partial charge in [0, 0.05) is 30.1 Å². The highest BCUT2D eigenvalue weighted by Gasteiger charge is 2.26. The molecule has 2 aromatic carbocycles. The molecule has 26 heavy (non-hydrogen) atoms. The zero-order valence-corrected chi connectivity index (χ0v) is 14.2. The Balaban J connectivity index is 1.43. The molecule has 0 radical (unpaired) electrons. The fraction of sp³-hybridized carbons (Fsp3) is 0.250. The minimum atomic E-state index is -0.353. The van der Waals surface area contributed by atoms with Crippen molar-refractivity contribution in [1.29, 1.82) is 0 Å². The van der Waals surface area contributed by atoms with Crippen LogP contribution in [0.5, 0.6) is 0 Å². The van der Waals surface area contributed by atoms with Gasteiger partial charge in [-0.2, -0.15) is 0 Å². The van der Waals surface area contributed by atoms with E-state index in [1.165, 1.54) is 12.1 Å². The number of aromatic nitrogens is 2. The van der Waals surface area contributed by atoms with E-state index in [2.05, 4.69) is 20.2 Å². The Hall–Kier alpha value is -3.02. The van der Waals surface area contributed by atoms with Gasteiger partial charge in [0.05, 0.1) is 5.52 Å². The summed E-state index contributed by atoms with van der Waals surface area (Å²) >= 11 is 0. The standard InChI is InChI=1S/C20H19FN4O/c21-15-4-3-5-16(12-15)24-20(26)14-8-10-25(11-9-14)19-17-6-1-2-7-18(17)22-13-23-19/h1-7,12-14H,8-11H2,(H,24,26). The Labute approximate surface area is 150 Å². The summed E-state index contributed by atoms with van der Waals surface area (Å²) in [6, 6.07) is 13.9. The Morgan fingerprint density at radius 2 is 1.88 bits per heavy atom. The van der Waals surface area contributed by atoms with E-state index in [-0.39, 0.29) is 17.6 Å². The Morgan fingerprint density at radius 3 is 2.69 bits per heavy atom. The molecule has 0 atom stereocenters. The Morgan fingerprint density at radius 1 is 1.08 bits per heavy atom. The van der Waals surface area contributed by atoms with Crippen LogP contribution in [0.3, 0.4) is 0 Å². The summed E-state index contributed by atoms with van der Waals surface area (Å²) in [4.78, 5) is 23.4. The fourth-order valence-corrected chi connectivity index (χ4v) is 3.41. The molecule has 4 rings (SSSR count). The molecule has 1 aliphatic heterocycles. The smallest absolute Gasteiger partial charge is 0.227 e. The first-order valence-electron chi connectivity index (χ1n) is 8.72. The van der Waals surface area contributed by atoms with Crippen molar-refractivity contribution in [2.24, 2.45) is 5.92 Å². The Bertz CT molecular complexity index is 933. The molecule has 1 saturated heterocycles. The summed E-state index contributed by atoms with van der Waals surface area (Å²) < 4.78 is 13.3. The molecule has 1 amide bonds. The Kier molecular flexibility index (Phi) is 4.48. The normalized spacial score (nSPS) is 15.2. The van der Waals surface area contributed by atoms with E-state index in [1.807, 2.05) is 24.3 Å². The third kappa shape index (κ3) is 3.35. The topological polar surface area (TPSA) is 58.1 Å². The molecular weight excluding hydrogens is 331 g/mol. The molecule has 6 heteroatoms. The lowest BCUT2D eigenvalue weighted by atomic mass is 9.95. The maximum Gasteiger partial charge on any atom is 0.227 e. The SMILES string of the molecule is O=C(Nc1cccc(F)c1)C1CCN(c2ncnc3ccccc23)CC1. The molecular formula is C20H19FN4O. The van der Waals surface area contributed by atoms with Crippen LogP contribution in [-0.2, 0) is 4.79 Å². The molecule has 0 aliphatic carbocycles. The van der Waals surface area contributed by atoms with Crippen LogP contribution in [-0.4, -0.2) is 29.0 Å². The van der Waals surface area contributed by atoms with E-state index >= 15 is 0 Å². The number of carbonyl (C=O) groups excluding carboxylic acids is 1. The van der Waals surface area contributed by atoms with Gasteiger partial charge >= 0.3 is 0 Å². The number of fused-ring (bicyclic) bond motifs is 1. The summed E-state index contributed by atoms with van der Waals surface area (Å²) in [6.45, 7) is 1.50. The minimum absolute atomic E-state index is 0.0530. The molecule has 0 bridgehead atoms. The highest BCUT2D eigenvalue weighted by Crippen LogP contribution is 2.27. The number of amides is 1. The number of hydrogen-bond acceptors (Lipinski definition) is 4. The maximum atomic E-state index is 13.3. The number of anilines is 2. The van der Waals surface area contributed by atoms with Gasteiger partial charge in [0.2, 0.25) is 5.91 Å². The van der Waals surface area contributed by atoms with Crippen LogP contribution >= 0.6 is 0 Å². The lowest BCUT2D eigenvalue weighted by Gasteiger charge is -2.32. The van der Waals surface area contributed by atoms with Crippen molar-refractivity contribution in [2.45, 2.75) is 12.8 Å². The van der Waals surface area contributed by atoms with Crippen molar-refractivity contribution in [1.82, 2.24) is 9.97 Å². The molecule has 1 aromatic heterocycles. The van der Waals surface area contributed by atoms with Crippen LogP contribution in [0.25, 0.3) is 10.9 Å². The zero-order chi connectivity index (χ0) is 17.9. The van der Waals surface area contributed by atoms with Crippen LogP contribution < -0.4 is 10.2 Å². The van der Waals surface area contributed by atoms with Crippen molar-refractivity contribution in [2.75, 3.05) is 23.3 Å². The highest BCUT2D eigenvalue weighted by molar-refractivity contribution is 5.93. The monoisotopic (exact) mass is 350 g/mol. The molecule has 1 fully saturated rings. The van der Waals surface area contributed by atoms with E-state index < -0.39 is 0 Å². The van der Waals surface area contributed by atoms with Crippen LogP contribution in [0.15, 0.2) is 54.9 Å². The average molecular weight is 350 g/mol. The maximum absolute atomic E-state index is 13.3. The van der Waals surface area contributed by atoms with Gasteiger partial charge in [0.1, 0.15) is 18.0 Å². The number of benzene rings is 2. The summed E-state index contributed by atoms with van der Waals surface area (Å²) in [6.07, 6.45) is 3.05. The van der Waals surface area contributed by atoms with Crippen LogP contribution in [0.2, 0.25) is 0 Å². The summed E-state index contributed by atoms with van der Waals surface area (Å²) in [5.41, 5.74) is 1.42. The second-order valence-corrected chi connectivity index (χ2v) is 6.48. The largest absolute Gasteiger partial charge is 0.356 e. The quantitative estimate of drug-likeness (QED) is 0.784. The van der Waals surface area contributed by atoms with Crippen molar-refractivity contribution in [3.63, 3.8) is 0 Å². The van der Waals surface area contributed by atoms with E-state index in [9.17, 15) is 9.18 Å². The van der Waals surface area contributed by atoms with E-state index in [1.54, 1.807) is 18.5 Å². The number of piperidine rings is 1. The highest BCUT2D eigenvalue weighted by atomic mass is 19.1. The van der Waals surface area contributed by atoms with Crippen molar-refractivity contribution in [3.05, 3.63) is 60.7 Å². The third-order valence-electron chi connectivity index (χ3n) is 4.78. The molecule has 0 unspecified atom stereocenters. The molecule has 2 heterocycles. The summed E-state index contributed by atoms with van der Waals surface area (Å²) in [5.74, 6) is 0.429. The first-order valence-corrected chi connectivity index (χ1v) is 8.72. The zero-order valence-electron chi connectivity index (χ0n) is 14.2. The van der Waals surface area contributed by atoms with Crippen LogP contribution in [0, 0.1) is 11.7 Å². The number of carbonyl (C=O) groups is 1. The van der Waals surface area contributed by atoms with Crippen molar-refractivity contribution in [3.8, 4) is 0 Å². The number of hydrogen-bond donors (Lipinski definition) is 1. The van der Waals surface area contributed by atoms with Gasteiger partial charge in [-0.05, 0) is 43.2 Å². The van der Waals surface area contributed by atoms with Gasteiger partial charge in [0.15, 0.2) is 0 Å². The van der Waals surface area contributed by atoms with E-state index in [0.29, 0.717) is 5.69 Å². The van der Waals surface area contributed by atoms with E-state index in [0.717, 1.165) is 42.7 Å². The predicted octanol–water partition coefficient (Wildman–Crippen LogP) is 3.62. The van der Waals surface area contributed by atoms with E-state index in [4.69, 9.17) is 0 Å². The van der Waals surface area contributed by atoms with Crippen molar-refractivity contribution < 1.29 is 9.18 Å². The minimum Gasteiger partial charge on any atom is -0.356 e. The number of nitrogens with one attached hydrogen (secondary N) is 1. The van der Waals surface area contributed by atoms with Gasteiger partial charge in [-0.25, -0.2) is 14.4 Å². The number of para-hydroxylation sites is 1. The molecule has 132 valence electrons. The predicted molar refractivity (Wildman–Crippen MR) is 99.5 cm³/mol.